The lowest BCUT2D eigenvalue weighted by molar-refractivity contribution is -0.147. The van der Waals surface area contributed by atoms with E-state index in [1.807, 2.05) is 0 Å². The van der Waals surface area contributed by atoms with E-state index in [4.69, 9.17) is 5.11 Å². The van der Waals surface area contributed by atoms with Gasteiger partial charge in [0.2, 0.25) is 0 Å². The van der Waals surface area contributed by atoms with E-state index >= 15 is 0 Å². The molecule has 3 nitrogen and oxygen atoms in total. The largest absolute Gasteiger partial charge is 0.479 e. The summed E-state index contributed by atoms with van der Waals surface area (Å²) in [6.07, 6.45) is -1.47. The van der Waals surface area contributed by atoms with Gasteiger partial charge in [-0.1, -0.05) is 22.0 Å². The molecule has 0 aliphatic rings. The Morgan fingerprint density at radius 1 is 1.54 bits per heavy atom. The second kappa shape index (κ2) is 4.39. The van der Waals surface area contributed by atoms with E-state index in [0.29, 0.717) is 10.0 Å². The summed E-state index contributed by atoms with van der Waals surface area (Å²) >= 11 is 5.29. The predicted octanol–water partition coefficient (Wildman–Crippen LogP) is 2.17. The van der Waals surface area contributed by atoms with Gasteiger partial charge in [-0.2, -0.15) is 0 Å². The first-order valence-electron chi connectivity index (χ1n) is 3.38. The Morgan fingerprint density at radius 3 is 2.62 bits per heavy atom. The Bertz CT molecular complexity index is 340. The summed E-state index contributed by atoms with van der Waals surface area (Å²) in [4.78, 5) is 10.5. The first-order chi connectivity index (χ1) is 6.02. The van der Waals surface area contributed by atoms with Crippen molar-refractivity contribution in [1.82, 2.24) is 0 Å². The molecule has 0 fully saturated rings. The molecule has 0 saturated carbocycles. The fraction of sp³-hybridized carbons (Fsp3) is 0.125. The number of hydrogen-bond donors (Lipinski definition) is 2. The monoisotopic (exact) mass is 356 g/mol. The minimum Gasteiger partial charge on any atom is -0.479 e. The van der Waals surface area contributed by atoms with Crippen LogP contribution in [0.25, 0.3) is 0 Å². The summed E-state index contributed by atoms with van der Waals surface area (Å²) in [6, 6.07) is 5.08. The molecule has 1 aromatic rings. The van der Waals surface area contributed by atoms with Gasteiger partial charge in [0.25, 0.3) is 0 Å². The Labute approximate surface area is 97.0 Å². The van der Waals surface area contributed by atoms with Crippen LogP contribution in [0, 0.1) is 3.57 Å². The molecule has 0 bridgehead atoms. The Morgan fingerprint density at radius 2 is 2.15 bits per heavy atom. The summed E-state index contributed by atoms with van der Waals surface area (Å²) in [5, 5.41) is 17.8. The molecule has 0 aliphatic heterocycles. The molecule has 13 heavy (non-hydrogen) atoms. The third-order valence-corrected chi connectivity index (χ3v) is 2.85. The molecule has 70 valence electrons. The van der Waals surface area contributed by atoms with Gasteiger partial charge in [0, 0.05) is 13.6 Å². The van der Waals surface area contributed by atoms with Crippen LogP contribution < -0.4 is 0 Å². The van der Waals surface area contributed by atoms with Gasteiger partial charge >= 0.3 is 5.97 Å². The maximum Gasteiger partial charge on any atom is 0.337 e. The highest BCUT2D eigenvalue weighted by Gasteiger charge is 2.18. The highest BCUT2D eigenvalue weighted by atomic mass is 127. The number of carbonyl (C=O) groups is 1. The van der Waals surface area contributed by atoms with Crippen LogP contribution in [-0.4, -0.2) is 16.2 Å². The van der Waals surface area contributed by atoms with Gasteiger partial charge in [-0.25, -0.2) is 4.79 Å². The maximum absolute atomic E-state index is 10.5. The van der Waals surface area contributed by atoms with Crippen molar-refractivity contribution in [2.45, 2.75) is 6.10 Å². The lowest BCUT2D eigenvalue weighted by atomic mass is 10.1. The minimum absolute atomic E-state index is 0.368. The van der Waals surface area contributed by atoms with Crippen LogP contribution in [0.15, 0.2) is 22.7 Å². The van der Waals surface area contributed by atoms with Gasteiger partial charge < -0.3 is 10.2 Å². The molecular weight excluding hydrogens is 351 g/mol. The van der Waals surface area contributed by atoms with Gasteiger partial charge in [0.05, 0.1) is 0 Å². The molecule has 0 amide bonds. The number of carboxylic acid groups (broad SMARTS) is 1. The topological polar surface area (TPSA) is 57.5 Å². The van der Waals surface area contributed by atoms with Crippen LogP contribution in [0.4, 0.5) is 0 Å². The van der Waals surface area contributed by atoms with Crippen molar-refractivity contribution in [3.8, 4) is 0 Å². The van der Waals surface area contributed by atoms with Crippen molar-refractivity contribution in [2.75, 3.05) is 0 Å². The van der Waals surface area contributed by atoms with E-state index in [-0.39, 0.29) is 0 Å². The number of halogens is 2. The van der Waals surface area contributed by atoms with Gasteiger partial charge in [-0.3, -0.25) is 0 Å². The highest BCUT2D eigenvalue weighted by Crippen LogP contribution is 2.25. The average Bonchev–Trinajstić information content (AvgIpc) is 2.03. The normalized spacial score (nSPS) is 12.5. The molecule has 0 aromatic heterocycles. The number of carboxylic acids is 1. The van der Waals surface area contributed by atoms with Crippen LogP contribution in [0.2, 0.25) is 0 Å². The maximum atomic E-state index is 10.5. The molecule has 0 radical (unpaired) electrons. The van der Waals surface area contributed by atoms with E-state index in [0.717, 1.165) is 3.57 Å². The zero-order chi connectivity index (χ0) is 10.0. The number of benzene rings is 1. The molecular formula is C8H6BrIO3. The van der Waals surface area contributed by atoms with E-state index in [1.165, 1.54) is 0 Å². The lowest BCUT2D eigenvalue weighted by Gasteiger charge is -2.07. The average molecular weight is 357 g/mol. The summed E-state index contributed by atoms with van der Waals surface area (Å²) in [6.45, 7) is 0. The molecule has 1 aromatic carbocycles. The summed E-state index contributed by atoms with van der Waals surface area (Å²) in [5.41, 5.74) is 0.368. The van der Waals surface area contributed by atoms with Crippen molar-refractivity contribution < 1.29 is 15.0 Å². The fourth-order valence-electron chi connectivity index (χ4n) is 0.856. The van der Waals surface area contributed by atoms with Crippen LogP contribution in [-0.2, 0) is 4.79 Å². The van der Waals surface area contributed by atoms with Crippen LogP contribution >= 0.6 is 38.5 Å². The third kappa shape index (κ3) is 2.65. The zero-order valence-corrected chi connectivity index (χ0v) is 10.1. The molecule has 0 spiro atoms. The summed E-state index contributed by atoms with van der Waals surface area (Å²) in [5.74, 6) is -1.25. The van der Waals surface area contributed by atoms with E-state index < -0.39 is 12.1 Å². The molecule has 0 saturated heterocycles. The summed E-state index contributed by atoms with van der Waals surface area (Å²) in [7, 11) is 0. The molecule has 0 unspecified atom stereocenters. The van der Waals surface area contributed by atoms with E-state index in [2.05, 4.69) is 38.5 Å². The molecule has 0 heterocycles. The molecule has 5 heteroatoms. The first-order valence-corrected chi connectivity index (χ1v) is 5.25. The van der Waals surface area contributed by atoms with Gasteiger partial charge in [0.1, 0.15) is 0 Å². The predicted molar refractivity (Wildman–Crippen MR) is 59.5 cm³/mol. The van der Waals surface area contributed by atoms with Crippen LogP contribution in [0.1, 0.15) is 11.7 Å². The van der Waals surface area contributed by atoms with E-state index in [1.54, 1.807) is 18.2 Å². The molecule has 2 N–H and O–H groups in total. The number of hydrogen-bond acceptors (Lipinski definition) is 2. The lowest BCUT2D eigenvalue weighted by Crippen LogP contribution is -2.10. The van der Waals surface area contributed by atoms with Crippen molar-refractivity contribution in [3.63, 3.8) is 0 Å². The van der Waals surface area contributed by atoms with Gasteiger partial charge in [0.15, 0.2) is 6.10 Å². The van der Waals surface area contributed by atoms with Crippen molar-refractivity contribution >= 4 is 44.5 Å². The van der Waals surface area contributed by atoms with Gasteiger partial charge in [-0.15, -0.1) is 0 Å². The number of rotatable bonds is 2. The molecule has 1 atom stereocenters. The molecule has 1 rings (SSSR count). The molecule has 0 aliphatic carbocycles. The fourth-order valence-corrected chi connectivity index (χ4v) is 2.37. The van der Waals surface area contributed by atoms with Crippen molar-refractivity contribution in [1.29, 1.82) is 0 Å². The third-order valence-electron chi connectivity index (χ3n) is 1.49. The first kappa shape index (κ1) is 10.9. The number of aliphatic carboxylic acids is 1. The Hall–Kier alpha value is -0.140. The Balaban J connectivity index is 3.08. The minimum atomic E-state index is -1.47. The van der Waals surface area contributed by atoms with Crippen LogP contribution in [0.3, 0.4) is 0 Å². The van der Waals surface area contributed by atoms with Gasteiger partial charge in [-0.05, 0) is 34.7 Å². The summed E-state index contributed by atoms with van der Waals surface area (Å²) < 4.78 is 1.58. The van der Waals surface area contributed by atoms with Crippen molar-refractivity contribution in [2.24, 2.45) is 0 Å². The second-order valence-electron chi connectivity index (χ2n) is 2.41. The number of aliphatic hydroxyl groups is 1. The SMILES string of the molecule is O=C(O)[C@@H](O)c1ccc(I)cc1Br. The number of aliphatic hydroxyl groups excluding tert-OH is 1. The quantitative estimate of drug-likeness (QED) is 0.798. The standard InChI is InChI=1S/C8H6BrIO3/c9-6-3-4(10)1-2-5(6)7(11)8(12)13/h1-3,7,11H,(H,12,13)/t7-/m0/s1. The zero-order valence-electron chi connectivity index (χ0n) is 6.37. The Kier molecular flexibility index (Phi) is 3.69. The second-order valence-corrected chi connectivity index (χ2v) is 4.51. The van der Waals surface area contributed by atoms with Crippen LogP contribution in [0.5, 0.6) is 0 Å². The smallest absolute Gasteiger partial charge is 0.337 e. The van der Waals surface area contributed by atoms with E-state index in [9.17, 15) is 9.90 Å². The highest BCUT2D eigenvalue weighted by molar-refractivity contribution is 14.1. The van der Waals surface area contributed by atoms with Crippen molar-refractivity contribution in [3.05, 3.63) is 31.8 Å².